The number of amides is 2. The normalized spacial score (nSPS) is 16.1. The van der Waals surface area contributed by atoms with Crippen LogP contribution in [0.5, 0.6) is 17.2 Å². The monoisotopic (exact) mass is 506 g/mol. The summed E-state index contributed by atoms with van der Waals surface area (Å²) >= 11 is 1.72. The summed E-state index contributed by atoms with van der Waals surface area (Å²) in [6.07, 6.45) is 0.803. The molecule has 0 saturated carbocycles. The Hall–Kier alpha value is -3.52. The molecule has 0 unspecified atom stereocenters. The van der Waals surface area contributed by atoms with Crippen molar-refractivity contribution >= 4 is 23.2 Å². The number of rotatable bonds is 7. The van der Waals surface area contributed by atoms with Gasteiger partial charge in [0, 0.05) is 23.0 Å². The van der Waals surface area contributed by atoms with Crippen LogP contribution in [0.15, 0.2) is 53.9 Å². The first-order valence-electron chi connectivity index (χ1n) is 12.2. The topological polar surface area (TPSA) is 68.3 Å². The number of ether oxygens (including phenoxy) is 3. The molecule has 7 nitrogen and oxygen atoms in total. The molecule has 0 saturated heterocycles. The second kappa shape index (κ2) is 10.2. The van der Waals surface area contributed by atoms with Crippen LogP contribution in [0, 0.1) is 6.92 Å². The zero-order valence-corrected chi connectivity index (χ0v) is 21.5. The number of aryl methyl sites for hydroxylation is 1. The lowest BCUT2D eigenvalue weighted by atomic mass is 10.00. The van der Waals surface area contributed by atoms with Crippen molar-refractivity contribution in [1.29, 1.82) is 0 Å². The average molecular weight is 507 g/mol. The summed E-state index contributed by atoms with van der Waals surface area (Å²) in [6, 6.07) is 14.8. The smallest absolute Gasteiger partial charge is 0.254 e. The fraction of sp³-hybridized carbons (Fsp3) is 0.357. The maximum atomic E-state index is 13.7. The molecule has 1 atom stereocenters. The van der Waals surface area contributed by atoms with Gasteiger partial charge >= 0.3 is 0 Å². The van der Waals surface area contributed by atoms with Crippen LogP contribution in [-0.4, -0.2) is 54.1 Å². The van der Waals surface area contributed by atoms with Crippen molar-refractivity contribution in [3.8, 4) is 17.2 Å². The van der Waals surface area contributed by atoms with Crippen LogP contribution in [-0.2, 0) is 11.2 Å². The highest BCUT2D eigenvalue weighted by atomic mass is 32.1. The Kier molecular flexibility index (Phi) is 6.87. The number of fused-ring (bicyclic) bond motifs is 2. The summed E-state index contributed by atoms with van der Waals surface area (Å²) in [5, 5.41) is 2.07. The first-order chi connectivity index (χ1) is 17.4. The minimum Gasteiger partial charge on any atom is -0.491 e. The zero-order chi connectivity index (χ0) is 25.2. The quantitative estimate of drug-likeness (QED) is 0.459. The summed E-state index contributed by atoms with van der Waals surface area (Å²) in [5.41, 5.74) is 2.77. The van der Waals surface area contributed by atoms with E-state index in [1.807, 2.05) is 49.9 Å². The van der Waals surface area contributed by atoms with Crippen molar-refractivity contribution in [3.05, 3.63) is 75.5 Å². The summed E-state index contributed by atoms with van der Waals surface area (Å²) < 4.78 is 16.9. The largest absolute Gasteiger partial charge is 0.491 e. The van der Waals surface area contributed by atoms with E-state index in [4.69, 9.17) is 14.2 Å². The van der Waals surface area contributed by atoms with Crippen molar-refractivity contribution in [2.45, 2.75) is 39.3 Å². The van der Waals surface area contributed by atoms with Crippen molar-refractivity contribution in [2.24, 2.45) is 0 Å². The van der Waals surface area contributed by atoms with E-state index >= 15 is 0 Å². The Balaban J connectivity index is 1.34. The Morgan fingerprint density at radius 2 is 1.89 bits per heavy atom. The maximum absolute atomic E-state index is 13.7. The first kappa shape index (κ1) is 24.2. The minimum absolute atomic E-state index is 0.00849. The van der Waals surface area contributed by atoms with E-state index < -0.39 is 0 Å². The van der Waals surface area contributed by atoms with Gasteiger partial charge in [0.25, 0.3) is 5.91 Å². The molecular weight excluding hydrogens is 476 g/mol. The fourth-order valence-electron chi connectivity index (χ4n) is 4.61. The summed E-state index contributed by atoms with van der Waals surface area (Å²) in [6.45, 7) is 6.96. The predicted octanol–water partition coefficient (Wildman–Crippen LogP) is 4.84. The highest BCUT2D eigenvalue weighted by Crippen LogP contribution is 2.35. The molecule has 0 fully saturated rings. The van der Waals surface area contributed by atoms with Crippen molar-refractivity contribution in [1.82, 2.24) is 9.80 Å². The van der Waals surface area contributed by atoms with Gasteiger partial charge in [0.1, 0.15) is 18.9 Å². The van der Waals surface area contributed by atoms with Gasteiger partial charge in [-0.2, -0.15) is 0 Å². The SMILES string of the molecule is Cc1ccc(OC[C@H]2c3ccsc3CCN2C(=O)CN(C(=O)c2ccc3c(c2)OCO3)C(C)C)cc1. The van der Waals surface area contributed by atoms with Gasteiger partial charge in [0.2, 0.25) is 12.7 Å². The number of benzene rings is 2. The van der Waals surface area contributed by atoms with Gasteiger partial charge in [-0.1, -0.05) is 17.7 Å². The van der Waals surface area contributed by atoms with Crippen molar-refractivity contribution in [3.63, 3.8) is 0 Å². The highest BCUT2D eigenvalue weighted by Gasteiger charge is 2.34. The van der Waals surface area contributed by atoms with Gasteiger partial charge in [-0.3, -0.25) is 9.59 Å². The van der Waals surface area contributed by atoms with Crippen molar-refractivity contribution in [2.75, 3.05) is 26.5 Å². The third-order valence-electron chi connectivity index (χ3n) is 6.65. The lowest BCUT2D eigenvalue weighted by Gasteiger charge is -2.37. The average Bonchev–Trinajstić information content (AvgIpc) is 3.55. The Bertz CT molecular complexity index is 1250. The van der Waals surface area contributed by atoms with Gasteiger partial charge in [0.05, 0.1) is 6.04 Å². The highest BCUT2D eigenvalue weighted by molar-refractivity contribution is 7.10. The van der Waals surface area contributed by atoms with E-state index in [9.17, 15) is 9.59 Å². The molecule has 2 aromatic carbocycles. The minimum atomic E-state index is -0.211. The molecule has 188 valence electrons. The molecule has 2 aliphatic rings. The second-order valence-corrected chi connectivity index (χ2v) is 10.4. The van der Waals surface area contributed by atoms with Crippen LogP contribution in [0.25, 0.3) is 0 Å². The van der Waals surface area contributed by atoms with Crippen LogP contribution in [0.2, 0.25) is 0 Å². The van der Waals surface area contributed by atoms with E-state index in [2.05, 4.69) is 11.4 Å². The third kappa shape index (κ3) is 4.91. The summed E-state index contributed by atoms with van der Waals surface area (Å²) in [7, 11) is 0. The Morgan fingerprint density at radius 1 is 1.11 bits per heavy atom. The van der Waals surface area contributed by atoms with Gasteiger partial charge in [-0.25, -0.2) is 0 Å². The molecule has 2 aliphatic heterocycles. The third-order valence-corrected chi connectivity index (χ3v) is 7.65. The van der Waals surface area contributed by atoms with E-state index in [1.54, 1.807) is 34.4 Å². The van der Waals surface area contributed by atoms with Gasteiger partial charge < -0.3 is 24.0 Å². The Labute approximate surface area is 215 Å². The van der Waals surface area contributed by atoms with E-state index in [1.165, 1.54) is 4.88 Å². The van der Waals surface area contributed by atoms with Gasteiger partial charge in [0.15, 0.2) is 11.5 Å². The van der Waals surface area contributed by atoms with Crippen LogP contribution < -0.4 is 14.2 Å². The molecule has 1 aromatic heterocycles. The molecule has 0 spiro atoms. The van der Waals surface area contributed by atoms with E-state index in [-0.39, 0.29) is 37.2 Å². The first-order valence-corrected chi connectivity index (χ1v) is 13.0. The van der Waals surface area contributed by atoms with Crippen LogP contribution >= 0.6 is 11.3 Å². The molecule has 0 radical (unpaired) electrons. The number of nitrogens with zero attached hydrogens (tertiary/aromatic N) is 2. The van der Waals surface area contributed by atoms with Gasteiger partial charge in [-0.05, 0) is 74.5 Å². The predicted molar refractivity (Wildman–Crippen MR) is 138 cm³/mol. The standard InChI is InChI=1S/C28H30N2O5S/c1-18(2)30(28(32)20-6-9-24-25(14-20)35-17-34-24)15-27(31)29-12-10-26-22(11-13-36-26)23(29)16-33-21-7-4-19(3)5-8-21/h4-9,11,13-14,18,23H,10,12,15-17H2,1-3H3/t23-/m0/s1. The maximum Gasteiger partial charge on any atom is 0.254 e. The molecule has 2 amide bonds. The summed E-state index contributed by atoms with van der Waals surface area (Å²) in [4.78, 5) is 31.9. The number of carbonyl (C=O) groups excluding carboxylic acids is 2. The lowest BCUT2D eigenvalue weighted by molar-refractivity contribution is -0.136. The molecule has 0 N–H and O–H groups in total. The van der Waals surface area contributed by atoms with E-state index in [0.717, 1.165) is 23.3 Å². The number of thiophene rings is 1. The fourth-order valence-corrected chi connectivity index (χ4v) is 5.53. The number of hydrogen-bond acceptors (Lipinski definition) is 6. The molecule has 5 rings (SSSR count). The number of carbonyl (C=O) groups is 2. The van der Waals surface area contributed by atoms with Crippen molar-refractivity contribution < 1.29 is 23.8 Å². The number of hydrogen-bond donors (Lipinski definition) is 0. The summed E-state index contributed by atoms with van der Waals surface area (Å²) in [5.74, 6) is 1.64. The molecule has 36 heavy (non-hydrogen) atoms. The zero-order valence-electron chi connectivity index (χ0n) is 20.7. The molecule has 3 aromatic rings. The Morgan fingerprint density at radius 3 is 2.67 bits per heavy atom. The van der Waals surface area contributed by atoms with Crippen LogP contribution in [0.1, 0.15) is 46.3 Å². The van der Waals surface area contributed by atoms with Crippen LogP contribution in [0.4, 0.5) is 0 Å². The van der Waals surface area contributed by atoms with E-state index in [0.29, 0.717) is 30.2 Å². The van der Waals surface area contributed by atoms with Crippen LogP contribution in [0.3, 0.4) is 0 Å². The second-order valence-electron chi connectivity index (χ2n) is 9.37. The molecular formula is C28H30N2O5S. The molecule has 3 heterocycles. The molecule has 8 heteroatoms. The molecule has 0 bridgehead atoms. The lowest BCUT2D eigenvalue weighted by Crippen LogP contribution is -2.49. The van der Waals surface area contributed by atoms with Gasteiger partial charge in [-0.15, -0.1) is 11.3 Å². The molecule has 0 aliphatic carbocycles.